The number of hydrogen-bond acceptors (Lipinski definition) is 7. The van der Waals surface area contributed by atoms with Crippen molar-refractivity contribution in [2.75, 3.05) is 43.6 Å². The maximum atomic E-state index is 12.9. The highest BCUT2D eigenvalue weighted by atomic mass is 32.2. The van der Waals surface area contributed by atoms with Crippen molar-refractivity contribution in [3.8, 4) is 0 Å². The third-order valence-electron chi connectivity index (χ3n) is 5.95. The SMILES string of the molecule is Cc1cc(C(=O)CSc2nnc(N3CCOCC3)n2C[C@H]2CCCO2)c(C)n1CC(F)(F)F. The number of carbonyl (C=O) groups is 1. The fourth-order valence-corrected chi connectivity index (χ4v) is 5.08. The van der Waals surface area contributed by atoms with Crippen LogP contribution in [0.5, 0.6) is 0 Å². The van der Waals surface area contributed by atoms with E-state index in [1.165, 1.54) is 17.8 Å². The summed E-state index contributed by atoms with van der Waals surface area (Å²) in [5.74, 6) is 0.552. The summed E-state index contributed by atoms with van der Waals surface area (Å²) >= 11 is 1.25. The predicted octanol–water partition coefficient (Wildman–Crippen LogP) is 3.25. The number of nitrogens with zero attached hydrogens (tertiary/aromatic N) is 5. The number of anilines is 1. The lowest BCUT2D eigenvalue weighted by atomic mass is 10.2. The second kappa shape index (κ2) is 10.1. The summed E-state index contributed by atoms with van der Waals surface area (Å²) in [4.78, 5) is 15.0. The number of halogens is 3. The molecule has 0 aromatic carbocycles. The quantitative estimate of drug-likeness (QED) is 0.418. The monoisotopic (exact) mass is 487 g/mol. The van der Waals surface area contributed by atoms with E-state index >= 15 is 0 Å². The van der Waals surface area contributed by atoms with Crippen molar-refractivity contribution in [3.05, 3.63) is 23.0 Å². The maximum Gasteiger partial charge on any atom is 0.406 e. The highest BCUT2D eigenvalue weighted by Crippen LogP contribution is 2.28. The Hall–Kier alpha value is -2.05. The van der Waals surface area contributed by atoms with Gasteiger partial charge in [-0.3, -0.25) is 9.36 Å². The van der Waals surface area contributed by atoms with Crippen molar-refractivity contribution < 1.29 is 27.4 Å². The van der Waals surface area contributed by atoms with Crippen LogP contribution in [-0.2, 0) is 22.6 Å². The Labute approximate surface area is 194 Å². The molecule has 0 saturated carbocycles. The third-order valence-corrected chi connectivity index (χ3v) is 6.91. The molecule has 0 amide bonds. The summed E-state index contributed by atoms with van der Waals surface area (Å²) in [5, 5.41) is 9.30. The molecule has 2 aromatic rings. The first-order valence-electron chi connectivity index (χ1n) is 11.0. The molecule has 0 aliphatic carbocycles. The lowest BCUT2D eigenvalue weighted by molar-refractivity contribution is -0.141. The second-order valence-electron chi connectivity index (χ2n) is 8.33. The number of ether oxygens (including phenoxy) is 2. The molecule has 33 heavy (non-hydrogen) atoms. The lowest BCUT2D eigenvalue weighted by Gasteiger charge is -2.28. The number of hydrogen-bond donors (Lipinski definition) is 0. The van der Waals surface area contributed by atoms with Crippen LogP contribution in [0.2, 0.25) is 0 Å². The standard InChI is InChI=1S/C21H28F3N5O3S/c1-14-10-17(15(2)29(14)13-21(22,23)24)18(30)12-33-20-26-25-19(27-5-8-31-9-6-27)28(20)11-16-4-3-7-32-16/h10,16H,3-9,11-13H2,1-2H3/t16-/m1/s1. The minimum atomic E-state index is -4.35. The zero-order valence-corrected chi connectivity index (χ0v) is 19.5. The van der Waals surface area contributed by atoms with Crippen LogP contribution in [0.15, 0.2) is 11.2 Å². The minimum absolute atomic E-state index is 0.0586. The van der Waals surface area contributed by atoms with Gasteiger partial charge >= 0.3 is 6.18 Å². The number of ketones is 1. The number of carbonyl (C=O) groups excluding carboxylic acids is 1. The summed E-state index contributed by atoms with van der Waals surface area (Å²) in [5.41, 5.74) is 1.04. The topological polar surface area (TPSA) is 74.4 Å². The van der Waals surface area contributed by atoms with E-state index < -0.39 is 12.7 Å². The maximum absolute atomic E-state index is 12.9. The Morgan fingerprint density at radius 3 is 2.61 bits per heavy atom. The van der Waals surface area contributed by atoms with Crippen molar-refractivity contribution in [2.45, 2.75) is 57.2 Å². The molecule has 0 bridgehead atoms. The van der Waals surface area contributed by atoms with Gasteiger partial charge in [-0.15, -0.1) is 10.2 Å². The summed E-state index contributed by atoms with van der Waals surface area (Å²) in [6, 6.07) is 1.53. The van der Waals surface area contributed by atoms with Gasteiger partial charge in [0.1, 0.15) is 6.54 Å². The van der Waals surface area contributed by atoms with Crippen molar-refractivity contribution in [1.82, 2.24) is 19.3 Å². The van der Waals surface area contributed by atoms with Crippen LogP contribution < -0.4 is 4.90 Å². The van der Waals surface area contributed by atoms with Gasteiger partial charge < -0.3 is 18.9 Å². The van der Waals surface area contributed by atoms with Crippen molar-refractivity contribution >= 4 is 23.5 Å². The predicted molar refractivity (Wildman–Crippen MR) is 117 cm³/mol. The smallest absolute Gasteiger partial charge is 0.378 e. The molecule has 8 nitrogen and oxygen atoms in total. The van der Waals surface area contributed by atoms with E-state index in [1.807, 2.05) is 4.57 Å². The summed E-state index contributed by atoms with van der Waals surface area (Å²) < 4.78 is 53.1. The van der Waals surface area contributed by atoms with Gasteiger partial charge in [0.05, 0.1) is 31.6 Å². The highest BCUT2D eigenvalue weighted by Gasteiger charge is 2.31. The first kappa shape index (κ1) is 24.1. The van der Waals surface area contributed by atoms with Crippen LogP contribution in [0.25, 0.3) is 0 Å². The molecule has 2 saturated heterocycles. The molecular weight excluding hydrogens is 459 g/mol. The lowest BCUT2D eigenvalue weighted by Crippen LogP contribution is -2.38. The van der Waals surface area contributed by atoms with Crippen LogP contribution in [0.1, 0.15) is 34.6 Å². The Morgan fingerprint density at radius 1 is 1.18 bits per heavy atom. The normalized spacial score (nSPS) is 19.4. The Bertz CT molecular complexity index is 979. The van der Waals surface area contributed by atoms with Gasteiger partial charge in [0.15, 0.2) is 10.9 Å². The summed E-state index contributed by atoms with van der Waals surface area (Å²) in [6.45, 7) is 5.98. The number of morpholine rings is 1. The number of aromatic nitrogens is 4. The average molecular weight is 488 g/mol. The number of rotatable bonds is 8. The number of aryl methyl sites for hydroxylation is 1. The van der Waals surface area contributed by atoms with Crippen LogP contribution in [0.3, 0.4) is 0 Å². The van der Waals surface area contributed by atoms with E-state index in [9.17, 15) is 18.0 Å². The number of Topliss-reactive ketones (excluding diaryl/α,β-unsaturated/α-hetero) is 1. The largest absolute Gasteiger partial charge is 0.406 e. The molecule has 182 valence electrons. The molecule has 0 N–H and O–H groups in total. The van der Waals surface area contributed by atoms with Gasteiger partial charge in [0, 0.05) is 36.6 Å². The van der Waals surface area contributed by atoms with Gasteiger partial charge in [-0.1, -0.05) is 11.8 Å². The van der Waals surface area contributed by atoms with Gasteiger partial charge in [-0.25, -0.2) is 0 Å². The zero-order chi connectivity index (χ0) is 23.6. The molecule has 2 aliphatic heterocycles. The highest BCUT2D eigenvalue weighted by molar-refractivity contribution is 7.99. The molecule has 4 rings (SSSR count). The van der Waals surface area contributed by atoms with Gasteiger partial charge in [0.2, 0.25) is 5.95 Å². The molecule has 0 unspecified atom stereocenters. The second-order valence-corrected chi connectivity index (χ2v) is 9.27. The summed E-state index contributed by atoms with van der Waals surface area (Å²) in [6.07, 6.45) is -2.32. The van der Waals surface area contributed by atoms with E-state index in [0.29, 0.717) is 55.0 Å². The van der Waals surface area contributed by atoms with Gasteiger partial charge in [-0.2, -0.15) is 13.2 Å². The van der Waals surface area contributed by atoms with Crippen LogP contribution in [-0.4, -0.2) is 76.1 Å². The Morgan fingerprint density at radius 2 is 1.94 bits per heavy atom. The van der Waals surface area contributed by atoms with E-state index in [4.69, 9.17) is 9.47 Å². The van der Waals surface area contributed by atoms with Crippen LogP contribution >= 0.6 is 11.8 Å². The van der Waals surface area contributed by atoms with Crippen LogP contribution in [0, 0.1) is 13.8 Å². The average Bonchev–Trinajstić information content (AvgIpc) is 3.49. The number of alkyl halides is 3. The van der Waals surface area contributed by atoms with Crippen molar-refractivity contribution in [1.29, 1.82) is 0 Å². The first-order valence-corrected chi connectivity index (χ1v) is 12.0. The van der Waals surface area contributed by atoms with E-state index in [0.717, 1.165) is 30.0 Å². The molecule has 0 spiro atoms. The molecule has 2 fully saturated rings. The first-order chi connectivity index (χ1) is 15.7. The molecule has 1 atom stereocenters. The third kappa shape index (κ3) is 5.72. The van der Waals surface area contributed by atoms with Crippen LogP contribution in [0.4, 0.5) is 19.1 Å². The Kier molecular flexibility index (Phi) is 7.34. The van der Waals surface area contributed by atoms with E-state index in [-0.39, 0.29) is 17.6 Å². The zero-order valence-electron chi connectivity index (χ0n) is 18.7. The Balaban J connectivity index is 1.50. The summed E-state index contributed by atoms with van der Waals surface area (Å²) in [7, 11) is 0. The molecule has 0 radical (unpaired) electrons. The van der Waals surface area contributed by atoms with Gasteiger partial charge in [-0.05, 0) is 32.8 Å². The molecule has 2 aromatic heterocycles. The molecule has 2 aliphatic rings. The number of thioether (sulfide) groups is 1. The van der Waals surface area contributed by atoms with Crippen molar-refractivity contribution in [3.63, 3.8) is 0 Å². The molecule has 4 heterocycles. The molecular formula is C21H28F3N5O3S. The van der Waals surface area contributed by atoms with Gasteiger partial charge in [0.25, 0.3) is 0 Å². The fraction of sp³-hybridized carbons (Fsp3) is 0.667. The fourth-order valence-electron chi connectivity index (χ4n) is 4.25. The van der Waals surface area contributed by atoms with E-state index in [1.54, 1.807) is 13.8 Å². The molecule has 12 heteroatoms. The minimum Gasteiger partial charge on any atom is -0.378 e. The van der Waals surface area contributed by atoms with E-state index in [2.05, 4.69) is 15.1 Å². The van der Waals surface area contributed by atoms with Crippen molar-refractivity contribution in [2.24, 2.45) is 0 Å².